The van der Waals surface area contributed by atoms with Crippen molar-refractivity contribution in [2.45, 2.75) is 52.1 Å². The first kappa shape index (κ1) is 16.5. The Kier molecular flexibility index (Phi) is 6.50. The molecule has 1 aromatic carbocycles. The molecule has 2 nitrogen and oxygen atoms in total. The van der Waals surface area contributed by atoms with Crippen molar-refractivity contribution in [2.75, 3.05) is 0 Å². The highest BCUT2D eigenvalue weighted by molar-refractivity contribution is 5.72. The predicted molar refractivity (Wildman–Crippen MR) is 83.5 cm³/mol. The molecule has 0 aliphatic heterocycles. The highest BCUT2D eigenvalue weighted by Gasteiger charge is 2.22. The van der Waals surface area contributed by atoms with E-state index in [9.17, 15) is 4.79 Å². The van der Waals surface area contributed by atoms with Gasteiger partial charge in [0.15, 0.2) is 0 Å². The average Bonchev–Trinajstić information content (AvgIpc) is 2.38. The van der Waals surface area contributed by atoms with Crippen molar-refractivity contribution in [3.05, 3.63) is 48.6 Å². The van der Waals surface area contributed by atoms with Gasteiger partial charge in [-0.25, -0.2) is 0 Å². The van der Waals surface area contributed by atoms with Gasteiger partial charge in [-0.2, -0.15) is 0 Å². The van der Waals surface area contributed by atoms with Gasteiger partial charge in [0.1, 0.15) is 5.60 Å². The number of benzene rings is 1. The number of hydrogen-bond donors (Lipinski definition) is 0. The zero-order chi connectivity index (χ0) is 15.0. The Balaban J connectivity index is 2.37. The molecule has 2 heteroatoms. The molecule has 0 saturated carbocycles. The maximum Gasteiger partial charge on any atom is 0.310 e. The first-order chi connectivity index (χ1) is 9.43. The zero-order valence-electron chi connectivity index (χ0n) is 12.9. The van der Waals surface area contributed by atoms with Crippen molar-refractivity contribution < 1.29 is 9.53 Å². The lowest BCUT2D eigenvalue weighted by Crippen LogP contribution is -2.29. The largest absolute Gasteiger partial charge is 0.459 e. The van der Waals surface area contributed by atoms with E-state index >= 15 is 0 Å². The molecule has 0 heterocycles. The minimum atomic E-state index is -0.396. The van der Waals surface area contributed by atoms with Crippen LogP contribution in [0.3, 0.4) is 0 Å². The molecule has 0 aliphatic carbocycles. The molecule has 20 heavy (non-hydrogen) atoms. The number of esters is 1. The van der Waals surface area contributed by atoms with E-state index in [1.54, 1.807) is 0 Å². The molecule has 1 atom stereocenters. The Morgan fingerprint density at radius 3 is 2.60 bits per heavy atom. The summed E-state index contributed by atoms with van der Waals surface area (Å²) in [6.07, 6.45) is 5.31. The molecule has 1 unspecified atom stereocenters. The maximum absolute atomic E-state index is 11.9. The van der Waals surface area contributed by atoms with E-state index in [-0.39, 0.29) is 5.97 Å². The van der Waals surface area contributed by atoms with Crippen LogP contribution in [-0.2, 0) is 16.0 Å². The summed E-state index contributed by atoms with van der Waals surface area (Å²) in [5.74, 6) is 0.365. The predicted octanol–water partition coefficient (Wildman–Crippen LogP) is 4.54. The first-order valence-corrected chi connectivity index (χ1v) is 7.31. The van der Waals surface area contributed by atoms with Crippen LogP contribution in [0.2, 0.25) is 0 Å². The number of carbonyl (C=O) groups excluding carboxylic acids is 1. The van der Waals surface area contributed by atoms with Crippen molar-refractivity contribution in [1.29, 1.82) is 0 Å². The summed E-state index contributed by atoms with van der Waals surface area (Å²) in [5.41, 5.74) is 0.598. The monoisotopic (exact) mass is 274 g/mol. The molecule has 0 aliphatic rings. The summed E-state index contributed by atoms with van der Waals surface area (Å²) < 4.78 is 5.59. The highest BCUT2D eigenvalue weighted by Crippen LogP contribution is 2.21. The first-order valence-electron chi connectivity index (χ1n) is 7.31. The fourth-order valence-electron chi connectivity index (χ4n) is 2.13. The fourth-order valence-corrected chi connectivity index (χ4v) is 2.13. The van der Waals surface area contributed by atoms with Gasteiger partial charge in [0.25, 0.3) is 0 Å². The van der Waals surface area contributed by atoms with Crippen LogP contribution in [0.1, 0.15) is 45.6 Å². The minimum Gasteiger partial charge on any atom is -0.459 e. The molecule has 0 saturated heterocycles. The number of ether oxygens (including phenoxy) is 1. The zero-order valence-corrected chi connectivity index (χ0v) is 12.9. The van der Waals surface area contributed by atoms with Crippen molar-refractivity contribution in [1.82, 2.24) is 0 Å². The molecule has 0 bridgehead atoms. The lowest BCUT2D eigenvalue weighted by atomic mass is 9.96. The molecular formula is C18H26O2. The van der Waals surface area contributed by atoms with Gasteiger partial charge in [-0.15, -0.1) is 6.58 Å². The van der Waals surface area contributed by atoms with Crippen molar-refractivity contribution >= 4 is 5.97 Å². The summed E-state index contributed by atoms with van der Waals surface area (Å²) in [4.78, 5) is 11.9. The molecule has 110 valence electrons. The number of allylic oxidation sites excluding steroid dienone is 1. The van der Waals surface area contributed by atoms with Crippen LogP contribution in [0, 0.1) is 5.92 Å². The number of hydrogen-bond acceptors (Lipinski definition) is 2. The molecule has 0 radical (unpaired) electrons. The van der Waals surface area contributed by atoms with Gasteiger partial charge >= 0.3 is 5.97 Å². The lowest BCUT2D eigenvalue weighted by Gasteiger charge is -2.25. The van der Waals surface area contributed by atoms with Gasteiger partial charge in [0.05, 0.1) is 6.42 Å². The van der Waals surface area contributed by atoms with E-state index in [0.717, 1.165) is 24.8 Å². The third kappa shape index (κ3) is 6.55. The van der Waals surface area contributed by atoms with Gasteiger partial charge in [-0.1, -0.05) is 43.3 Å². The van der Waals surface area contributed by atoms with E-state index in [1.165, 1.54) is 0 Å². The number of rotatable bonds is 8. The quantitative estimate of drug-likeness (QED) is 0.514. The molecular weight excluding hydrogens is 248 g/mol. The van der Waals surface area contributed by atoms with Gasteiger partial charge in [-0.05, 0) is 44.6 Å². The van der Waals surface area contributed by atoms with Crippen LogP contribution in [0.4, 0.5) is 0 Å². The Morgan fingerprint density at radius 1 is 1.35 bits per heavy atom. The van der Waals surface area contributed by atoms with Crippen LogP contribution in [0.5, 0.6) is 0 Å². The SMILES string of the molecule is C=CC(C)CCCC(C)(C)OC(=O)Cc1ccccc1. The topological polar surface area (TPSA) is 26.3 Å². The van der Waals surface area contributed by atoms with Crippen molar-refractivity contribution in [3.63, 3.8) is 0 Å². The van der Waals surface area contributed by atoms with Crippen molar-refractivity contribution in [2.24, 2.45) is 5.92 Å². The Bertz CT molecular complexity index is 420. The van der Waals surface area contributed by atoms with E-state index in [0.29, 0.717) is 12.3 Å². The van der Waals surface area contributed by atoms with Crippen LogP contribution in [-0.4, -0.2) is 11.6 Å². The van der Waals surface area contributed by atoms with Crippen LogP contribution in [0.25, 0.3) is 0 Å². The minimum absolute atomic E-state index is 0.155. The average molecular weight is 274 g/mol. The second kappa shape index (κ2) is 7.88. The van der Waals surface area contributed by atoms with Gasteiger partial charge < -0.3 is 4.74 Å². The summed E-state index contributed by atoms with van der Waals surface area (Å²) in [6, 6.07) is 9.70. The van der Waals surface area contributed by atoms with Crippen LogP contribution in [0.15, 0.2) is 43.0 Å². The van der Waals surface area contributed by atoms with E-state index < -0.39 is 5.60 Å². The summed E-state index contributed by atoms with van der Waals surface area (Å²) in [7, 11) is 0. The highest BCUT2D eigenvalue weighted by atomic mass is 16.6. The Morgan fingerprint density at radius 2 is 2.00 bits per heavy atom. The Hall–Kier alpha value is -1.57. The van der Waals surface area contributed by atoms with Gasteiger partial charge in [0, 0.05) is 0 Å². The fraction of sp³-hybridized carbons (Fsp3) is 0.500. The van der Waals surface area contributed by atoms with E-state index in [4.69, 9.17) is 4.74 Å². The summed E-state index contributed by atoms with van der Waals surface area (Å²) >= 11 is 0. The Labute approximate surface area is 122 Å². The van der Waals surface area contributed by atoms with Crippen LogP contribution < -0.4 is 0 Å². The molecule has 1 aromatic rings. The lowest BCUT2D eigenvalue weighted by molar-refractivity contribution is -0.156. The second-order valence-electron chi connectivity index (χ2n) is 6.00. The normalized spacial score (nSPS) is 12.8. The van der Waals surface area contributed by atoms with E-state index in [1.807, 2.05) is 50.3 Å². The number of carbonyl (C=O) groups is 1. The van der Waals surface area contributed by atoms with Gasteiger partial charge in [-0.3, -0.25) is 4.79 Å². The van der Waals surface area contributed by atoms with Crippen molar-refractivity contribution in [3.8, 4) is 0 Å². The molecule has 0 N–H and O–H groups in total. The van der Waals surface area contributed by atoms with Crippen LogP contribution >= 0.6 is 0 Å². The summed E-state index contributed by atoms with van der Waals surface area (Å²) in [5, 5.41) is 0. The molecule has 0 fully saturated rings. The van der Waals surface area contributed by atoms with Gasteiger partial charge in [0.2, 0.25) is 0 Å². The molecule has 1 rings (SSSR count). The molecule has 0 spiro atoms. The smallest absolute Gasteiger partial charge is 0.310 e. The molecule has 0 aromatic heterocycles. The second-order valence-corrected chi connectivity index (χ2v) is 6.00. The standard InChI is InChI=1S/C18H26O2/c1-5-15(2)10-9-13-18(3,4)20-17(19)14-16-11-7-6-8-12-16/h5-8,11-12,15H,1,9-10,13-14H2,2-4H3. The van der Waals surface area contributed by atoms with E-state index in [2.05, 4.69) is 13.5 Å². The maximum atomic E-state index is 11.9. The third-order valence-corrected chi connectivity index (χ3v) is 3.42. The molecule has 0 amide bonds. The third-order valence-electron chi connectivity index (χ3n) is 3.42. The summed E-state index contributed by atoms with van der Waals surface area (Å²) in [6.45, 7) is 9.90.